The van der Waals surface area contributed by atoms with E-state index in [2.05, 4.69) is 68.1 Å². The highest BCUT2D eigenvalue weighted by Crippen LogP contribution is 2.20. The molecule has 0 bridgehead atoms. The number of piperidine rings is 1. The number of rotatable bonds is 3. The molecule has 0 aromatic heterocycles. The highest BCUT2D eigenvalue weighted by molar-refractivity contribution is 7.80. The van der Waals surface area contributed by atoms with Gasteiger partial charge in [0.05, 0.1) is 0 Å². The zero-order chi connectivity index (χ0) is 16.3. The summed E-state index contributed by atoms with van der Waals surface area (Å²) < 4.78 is 0. The molecule has 1 aromatic rings. The van der Waals surface area contributed by atoms with Gasteiger partial charge < -0.3 is 15.1 Å². The summed E-state index contributed by atoms with van der Waals surface area (Å²) in [7, 11) is 2.23. The minimum Gasteiger partial charge on any atom is -0.349 e. The number of likely N-dealkylation sites (tertiary alicyclic amines) is 1. The van der Waals surface area contributed by atoms with E-state index in [-0.39, 0.29) is 0 Å². The number of aryl methyl sites for hydroxylation is 2. The van der Waals surface area contributed by atoms with Crippen LogP contribution in [-0.4, -0.2) is 47.1 Å². The summed E-state index contributed by atoms with van der Waals surface area (Å²) >= 11 is 5.61. The molecule has 0 amide bonds. The number of benzene rings is 1. The first-order valence-corrected chi connectivity index (χ1v) is 8.64. The van der Waals surface area contributed by atoms with E-state index in [1.807, 2.05) is 0 Å². The number of nitrogens with one attached hydrogen (secondary N) is 1. The van der Waals surface area contributed by atoms with E-state index < -0.39 is 0 Å². The van der Waals surface area contributed by atoms with E-state index in [4.69, 9.17) is 12.2 Å². The van der Waals surface area contributed by atoms with E-state index >= 15 is 0 Å². The van der Waals surface area contributed by atoms with Gasteiger partial charge in [-0.3, -0.25) is 0 Å². The van der Waals surface area contributed by atoms with Gasteiger partial charge in [0, 0.05) is 30.9 Å². The van der Waals surface area contributed by atoms with Gasteiger partial charge in [-0.05, 0) is 71.4 Å². The molecule has 22 heavy (non-hydrogen) atoms. The molecule has 0 atom stereocenters. The standard InChI is InChI=1S/C18H29N3S/c1-13(2)20(5)16-8-10-21(11-9-16)18(22)19-17-7-6-14(3)12-15(17)4/h6-7,12-13,16H,8-11H2,1-5H3,(H,19,22). The largest absolute Gasteiger partial charge is 0.349 e. The molecule has 0 unspecified atom stereocenters. The molecule has 3 nitrogen and oxygen atoms in total. The van der Waals surface area contributed by atoms with Crippen LogP contribution in [0.5, 0.6) is 0 Å². The molecule has 0 aliphatic carbocycles. The monoisotopic (exact) mass is 319 g/mol. The van der Waals surface area contributed by atoms with Crippen LogP contribution in [0.3, 0.4) is 0 Å². The molecule has 122 valence electrons. The quantitative estimate of drug-likeness (QED) is 0.854. The molecule has 0 spiro atoms. The fourth-order valence-electron chi connectivity index (χ4n) is 3.05. The Morgan fingerprint density at radius 2 is 1.91 bits per heavy atom. The van der Waals surface area contributed by atoms with Gasteiger partial charge in [0.2, 0.25) is 0 Å². The molecular formula is C18H29N3S. The van der Waals surface area contributed by atoms with Gasteiger partial charge in [0.15, 0.2) is 5.11 Å². The highest BCUT2D eigenvalue weighted by atomic mass is 32.1. The molecular weight excluding hydrogens is 290 g/mol. The lowest BCUT2D eigenvalue weighted by atomic mass is 10.0. The third kappa shape index (κ3) is 4.20. The van der Waals surface area contributed by atoms with Gasteiger partial charge in [-0.2, -0.15) is 0 Å². The van der Waals surface area contributed by atoms with Gasteiger partial charge in [0.25, 0.3) is 0 Å². The van der Waals surface area contributed by atoms with Crippen molar-refractivity contribution in [3.05, 3.63) is 29.3 Å². The predicted octanol–water partition coefficient (Wildman–Crippen LogP) is 3.80. The number of hydrogen-bond acceptors (Lipinski definition) is 2. The second-order valence-electron chi connectivity index (χ2n) is 6.73. The Balaban J connectivity index is 1.90. The molecule has 4 heteroatoms. The third-order valence-corrected chi connectivity index (χ3v) is 5.13. The lowest BCUT2D eigenvalue weighted by Gasteiger charge is -2.39. The maximum Gasteiger partial charge on any atom is 0.173 e. The van der Waals surface area contributed by atoms with Gasteiger partial charge in [-0.25, -0.2) is 0 Å². The Bertz CT molecular complexity index is 519. The molecule has 0 radical (unpaired) electrons. The zero-order valence-electron chi connectivity index (χ0n) is 14.5. The minimum atomic E-state index is 0.608. The van der Waals surface area contributed by atoms with Crippen molar-refractivity contribution in [3.63, 3.8) is 0 Å². The smallest absolute Gasteiger partial charge is 0.173 e. The lowest BCUT2D eigenvalue weighted by Crippen LogP contribution is -2.48. The summed E-state index contributed by atoms with van der Waals surface area (Å²) in [5.74, 6) is 0. The maximum atomic E-state index is 5.61. The van der Waals surface area contributed by atoms with Crippen molar-refractivity contribution in [3.8, 4) is 0 Å². The number of thiocarbonyl (C=S) groups is 1. The molecule has 1 aromatic carbocycles. The SMILES string of the molecule is Cc1ccc(NC(=S)N2CCC(N(C)C(C)C)CC2)c(C)c1. The minimum absolute atomic E-state index is 0.608. The van der Waals surface area contributed by atoms with Crippen LogP contribution < -0.4 is 5.32 Å². The predicted molar refractivity (Wildman–Crippen MR) is 99.6 cm³/mol. The molecule has 0 saturated carbocycles. The average Bonchev–Trinajstić information content (AvgIpc) is 2.49. The Labute approximate surface area is 140 Å². The normalized spacial score (nSPS) is 16.4. The van der Waals surface area contributed by atoms with E-state index in [1.165, 1.54) is 24.0 Å². The molecule has 1 aliphatic rings. The molecule has 2 rings (SSSR count). The van der Waals surface area contributed by atoms with E-state index in [9.17, 15) is 0 Å². The second-order valence-corrected chi connectivity index (χ2v) is 7.11. The third-order valence-electron chi connectivity index (χ3n) is 4.77. The number of anilines is 1. The summed E-state index contributed by atoms with van der Waals surface area (Å²) in [6.07, 6.45) is 2.37. The van der Waals surface area contributed by atoms with E-state index in [0.717, 1.165) is 23.9 Å². The molecule has 1 fully saturated rings. The summed E-state index contributed by atoms with van der Waals surface area (Å²) in [4.78, 5) is 4.79. The van der Waals surface area contributed by atoms with Crippen LogP contribution in [0.2, 0.25) is 0 Å². The van der Waals surface area contributed by atoms with E-state index in [1.54, 1.807) is 0 Å². The number of hydrogen-bond donors (Lipinski definition) is 1. The summed E-state index contributed by atoms with van der Waals surface area (Å²) in [6.45, 7) is 10.8. The van der Waals surface area contributed by atoms with Crippen molar-refractivity contribution in [1.29, 1.82) is 0 Å². The average molecular weight is 320 g/mol. The number of nitrogens with zero attached hydrogens (tertiary/aromatic N) is 2. The lowest BCUT2D eigenvalue weighted by molar-refractivity contribution is 0.136. The van der Waals surface area contributed by atoms with Crippen molar-refractivity contribution < 1.29 is 0 Å². The van der Waals surface area contributed by atoms with Crippen molar-refractivity contribution in [2.75, 3.05) is 25.5 Å². The van der Waals surface area contributed by atoms with Crippen molar-refractivity contribution in [2.24, 2.45) is 0 Å². The Morgan fingerprint density at radius 3 is 2.45 bits per heavy atom. The maximum absolute atomic E-state index is 5.61. The fourth-order valence-corrected chi connectivity index (χ4v) is 3.34. The Morgan fingerprint density at radius 1 is 1.27 bits per heavy atom. The van der Waals surface area contributed by atoms with Crippen LogP contribution in [0, 0.1) is 13.8 Å². The van der Waals surface area contributed by atoms with Crippen LogP contribution in [-0.2, 0) is 0 Å². The Kier molecular flexibility index (Phi) is 5.81. The first-order chi connectivity index (χ1) is 10.4. The van der Waals surface area contributed by atoms with Crippen molar-refractivity contribution in [2.45, 2.75) is 52.6 Å². The van der Waals surface area contributed by atoms with Gasteiger partial charge in [-0.1, -0.05) is 17.7 Å². The molecule has 1 N–H and O–H groups in total. The molecule has 1 saturated heterocycles. The van der Waals surface area contributed by atoms with Gasteiger partial charge in [-0.15, -0.1) is 0 Å². The summed E-state index contributed by atoms with van der Waals surface area (Å²) in [5.41, 5.74) is 3.65. The first kappa shape index (κ1) is 17.2. The van der Waals surface area contributed by atoms with Gasteiger partial charge in [0.1, 0.15) is 0 Å². The van der Waals surface area contributed by atoms with Crippen LogP contribution in [0.15, 0.2) is 18.2 Å². The summed E-state index contributed by atoms with van der Waals surface area (Å²) in [6, 6.07) is 7.73. The van der Waals surface area contributed by atoms with Crippen molar-refractivity contribution in [1.82, 2.24) is 9.80 Å². The van der Waals surface area contributed by atoms with Gasteiger partial charge >= 0.3 is 0 Å². The first-order valence-electron chi connectivity index (χ1n) is 8.23. The highest BCUT2D eigenvalue weighted by Gasteiger charge is 2.24. The van der Waals surface area contributed by atoms with E-state index in [0.29, 0.717) is 12.1 Å². The van der Waals surface area contributed by atoms with Crippen LogP contribution >= 0.6 is 12.2 Å². The topological polar surface area (TPSA) is 18.5 Å². The van der Waals surface area contributed by atoms with Crippen LogP contribution in [0.25, 0.3) is 0 Å². The second kappa shape index (κ2) is 7.42. The molecule has 1 aliphatic heterocycles. The van der Waals surface area contributed by atoms with Crippen molar-refractivity contribution >= 4 is 23.0 Å². The molecule has 1 heterocycles. The Hall–Kier alpha value is -1.13. The van der Waals surface area contributed by atoms with Crippen LogP contribution in [0.1, 0.15) is 37.8 Å². The fraction of sp³-hybridized carbons (Fsp3) is 0.611. The zero-order valence-corrected chi connectivity index (χ0v) is 15.3. The van der Waals surface area contributed by atoms with Crippen LogP contribution in [0.4, 0.5) is 5.69 Å². The summed E-state index contributed by atoms with van der Waals surface area (Å²) in [5, 5.41) is 4.28.